The van der Waals surface area contributed by atoms with Gasteiger partial charge in [-0.1, -0.05) is 41.5 Å². The van der Waals surface area contributed by atoms with Crippen LogP contribution in [-0.2, 0) is 49.8 Å². The smallest absolute Gasteiger partial charge is 0.376 e. The average Bonchev–Trinajstić information content (AvgIpc) is 3.36. The Bertz CT molecular complexity index is 1500. The number of ether oxygens (including phenoxy) is 1. The quantitative estimate of drug-likeness (QED) is 0.183. The summed E-state index contributed by atoms with van der Waals surface area (Å²) in [6, 6.07) is 13.0. The zero-order valence-electron chi connectivity index (χ0n) is 22.6. The highest BCUT2D eigenvalue weighted by Crippen LogP contribution is 2.38. The molecule has 0 fully saturated rings. The third kappa shape index (κ3) is 8.03. The number of halogens is 9. The Balaban J connectivity index is 1.81. The third-order valence-corrected chi connectivity index (χ3v) is 6.53. The Morgan fingerprint density at radius 2 is 1.35 bits per heavy atom. The van der Waals surface area contributed by atoms with Crippen molar-refractivity contribution in [3.05, 3.63) is 106 Å². The molecule has 0 unspecified atom stereocenters. The predicted octanol–water partition coefficient (Wildman–Crippen LogP) is 7.40. The van der Waals surface area contributed by atoms with E-state index in [1.165, 1.54) is 20.2 Å². The van der Waals surface area contributed by atoms with Crippen LogP contribution >= 0.6 is 0 Å². The molecule has 0 spiro atoms. The Morgan fingerprint density at radius 1 is 0.744 bits per heavy atom. The lowest BCUT2D eigenvalue weighted by molar-refractivity contribution is -0.143. The molecule has 0 radical (unpaired) electrons. The van der Waals surface area contributed by atoms with Crippen LogP contribution in [-0.4, -0.2) is 27.3 Å². The summed E-state index contributed by atoms with van der Waals surface area (Å²) in [6.45, 7) is -1.05. The standard InChI is InChI=1S/C28H24F9N5O/c1-41-39-25(38-40-41)42(15-18-10-21(27(32,33)34)14-22(11-18)28(35,36)37)16-19-13-20(26(29,30)31)8-9-23(19)24(43-2)12-17-6-4-3-5-7-17/h3-11,13-14,24H,12,15-16H2,1-2H3/t24-/m0/s1. The highest BCUT2D eigenvalue weighted by atomic mass is 19.4. The third-order valence-electron chi connectivity index (χ3n) is 6.53. The van der Waals surface area contributed by atoms with Gasteiger partial charge in [0.1, 0.15) is 0 Å². The van der Waals surface area contributed by atoms with E-state index in [1.54, 1.807) is 30.3 Å². The Labute approximate surface area is 239 Å². The fraction of sp³-hybridized carbons (Fsp3) is 0.321. The molecule has 1 atom stereocenters. The summed E-state index contributed by atoms with van der Waals surface area (Å²) in [5, 5.41) is 11.5. The van der Waals surface area contributed by atoms with Gasteiger partial charge in [0.2, 0.25) is 0 Å². The number of hydrogen-bond donors (Lipinski definition) is 0. The summed E-state index contributed by atoms with van der Waals surface area (Å²) in [6.07, 6.45) is -15.4. The first-order valence-corrected chi connectivity index (χ1v) is 12.6. The van der Waals surface area contributed by atoms with E-state index in [4.69, 9.17) is 4.74 Å². The van der Waals surface area contributed by atoms with Crippen LogP contribution < -0.4 is 4.90 Å². The van der Waals surface area contributed by atoms with Crippen molar-refractivity contribution in [3.8, 4) is 0 Å². The van der Waals surface area contributed by atoms with Crippen molar-refractivity contribution in [1.82, 2.24) is 20.2 Å². The number of hydrogen-bond acceptors (Lipinski definition) is 5. The number of rotatable bonds is 9. The van der Waals surface area contributed by atoms with E-state index in [-0.39, 0.29) is 24.0 Å². The summed E-state index contributed by atoms with van der Waals surface area (Å²) >= 11 is 0. The van der Waals surface area contributed by atoms with Gasteiger partial charge in [-0.15, -0.1) is 5.10 Å². The van der Waals surface area contributed by atoms with Crippen LogP contribution in [0.3, 0.4) is 0 Å². The lowest BCUT2D eigenvalue weighted by Gasteiger charge is -2.26. The summed E-state index contributed by atoms with van der Waals surface area (Å²) < 4.78 is 128. The van der Waals surface area contributed by atoms with Gasteiger partial charge in [-0.3, -0.25) is 0 Å². The Morgan fingerprint density at radius 3 is 1.86 bits per heavy atom. The van der Waals surface area contributed by atoms with Gasteiger partial charge < -0.3 is 9.64 Å². The number of nitrogens with zero attached hydrogens (tertiary/aromatic N) is 5. The van der Waals surface area contributed by atoms with Gasteiger partial charge in [0, 0.05) is 26.6 Å². The van der Waals surface area contributed by atoms with Crippen LogP contribution in [0.1, 0.15) is 45.0 Å². The minimum Gasteiger partial charge on any atom is -0.376 e. The van der Waals surface area contributed by atoms with Crippen LogP contribution in [0.25, 0.3) is 0 Å². The van der Waals surface area contributed by atoms with E-state index >= 15 is 0 Å². The number of benzene rings is 3. The van der Waals surface area contributed by atoms with E-state index < -0.39 is 60.0 Å². The summed E-state index contributed by atoms with van der Waals surface area (Å²) in [4.78, 5) is 2.15. The summed E-state index contributed by atoms with van der Waals surface area (Å²) in [5.74, 6) is -0.228. The molecule has 4 aromatic rings. The van der Waals surface area contributed by atoms with E-state index in [0.717, 1.165) is 27.4 Å². The van der Waals surface area contributed by atoms with Crippen LogP contribution in [0, 0.1) is 0 Å². The molecule has 0 bridgehead atoms. The Hall–Kier alpha value is -4.14. The van der Waals surface area contributed by atoms with Gasteiger partial charge >= 0.3 is 18.5 Å². The topological polar surface area (TPSA) is 56.1 Å². The van der Waals surface area contributed by atoms with Gasteiger partial charge in [-0.05, 0) is 57.8 Å². The van der Waals surface area contributed by atoms with E-state index in [0.29, 0.717) is 17.7 Å². The lowest BCUT2D eigenvalue weighted by atomic mass is 9.94. The molecular weight excluding hydrogens is 593 g/mol. The molecule has 4 rings (SSSR count). The highest BCUT2D eigenvalue weighted by Gasteiger charge is 2.37. The van der Waals surface area contributed by atoms with Crippen molar-refractivity contribution < 1.29 is 44.3 Å². The molecule has 1 heterocycles. The average molecular weight is 618 g/mol. The van der Waals surface area contributed by atoms with Crippen molar-refractivity contribution in [2.24, 2.45) is 7.05 Å². The SMILES string of the molecule is CO[C@@H](Cc1ccccc1)c1ccc(C(F)(F)F)cc1CN(Cc1cc(C(F)(F)F)cc(C(F)(F)F)c1)c1nnn(C)n1. The van der Waals surface area contributed by atoms with Crippen molar-refractivity contribution in [3.63, 3.8) is 0 Å². The second-order valence-electron chi connectivity index (χ2n) is 9.67. The van der Waals surface area contributed by atoms with E-state index in [9.17, 15) is 39.5 Å². The van der Waals surface area contributed by atoms with Gasteiger partial charge in [0.25, 0.3) is 5.95 Å². The van der Waals surface area contributed by atoms with Crippen molar-refractivity contribution in [1.29, 1.82) is 0 Å². The van der Waals surface area contributed by atoms with E-state index in [1.807, 2.05) is 0 Å². The number of anilines is 1. The molecule has 0 aliphatic rings. The first-order valence-electron chi connectivity index (χ1n) is 12.6. The van der Waals surface area contributed by atoms with Gasteiger partial charge in [-0.2, -0.15) is 44.3 Å². The molecule has 0 saturated heterocycles. The van der Waals surface area contributed by atoms with Crippen molar-refractivity contribution in [2.45, 2.75) is 44.1 Å². The number of aryl methyl sites for hydroxylation is 1. The molecule has 230 valence electrons. The van der Waals surface area contributed by atoms with Crippen LogP contribution in [0.15, 0.2) is 66.7 Å². The molecule has 0 aliphatic carbocycles. The van der Waals surface area contributed by atoms with Crippen molar-refractivity contribution in [2.75, 3.05) is 12.0 Å². The monoisotopic (exact) mass is 617 g/mol. The molecule has 6 nitrogen and oxygen atoms in total. The first kappa shape index (κ1) is 31.8. The summed E-state index contributed by atoms with van der Waals surface area (Å²) in [7, 11) is 2.75. The minimum atomic E-state index is -5.09. The number of tetrazole rings is 1. The van der Waals surface area contributed by atoms with Gasteiger partial charge in [-0.25, -0.2) is 0 Å². The fourth-order valence-electron chi connectivity index (χ4n) is 4.52. The number of methoxy groups -OCH3 is 1. The molecule has 0 amide bonds. The maximum Gasteiger partial charge on any atom is 0.416 e. The molecule has 43 heavy (non-hydrogen) atoms. The van der Waals surface area contributed by atoms with Gasteiger partial charge in [0.05, 0.1) is 29.8 Å². The maximum atomic E-state index is 13.8. The Kier molecular flexibility index (Phi) is 9.04. The zero-order valence-corrected chi connectivity index (χ0v) is 22.6. The number of alkyl halides is 9. The molecular formula is C28H24F9N5O. The van der Waals surface area contributed by atoms with Gasteiger partial charge in [0.15, 0.2) is 0 Å². The van der Waals surface area contributed by atoms with Crippen LogP contribution in [0.2, 0.25) is 0 Å². The zero-order chi connectivity index (χ0) is 31.6. The minimum absolute atomic E-state index is 0.00785. The predicted molar refractivity (Wildman–Crippen MR) is 136 cm³/mol. The van der Waals surface area contributed by atoms with Crippen LogP contribution in [0.5, 0.6) is 0 Å². The highest BCUT2D eigenvalue weighted by molar-refractivity contribution is 5.42. The molecule has 0 aliphatic heterocycles. The normalized spacial score (nSPS) is 13.3. The molecule has 15 heteroatoms. The first-order chi connectivity index (χ1) is 20.0. The second kappa shape index (κ2) is 12.2. The molecule has 3 aromatic carbocycles. The molecule has 1 aromatic heterocycles. The maximum absolute atomic E-state index is 13.8. The largest absolute Gasteiger partial charge is 0.416 e. The van der Waals surface area contributed by atoms with Crippen LogP contribution in [0.4, 0.5) is 45.5 Å². The number of aromatic nitrogens is 4. The lowest BCUT2D eigenvalue weighted by Crippen LogP contribution is -2.26. The fourth-order valence-corrected chi connectivity index (χ4v) is 4.52. The second-order valence-corrected chi connectivity index (χ2v) is 9.67. The molecule has 0 saturated carbocycles. The van der Waals surface area contributed by atoms with Crippen molar-refractivity contribution >= 4 is 5.95 Å². The van der Waals surface area contributed by atoms with E-state index in [2.05, 4.69) is 15.4 Å². The molecule has 0 N–H and O–H groups in total. The summed E-state index contributed by atoms with van der Waals surface area (Å²) in [5.41, 5.74) is -3.31.